The fourth-order valence-electron chi connectivity index (χ4n) is 1.77. The van der Waals surface area contributed by atoms with Crippen LogP contribution in [0.1, 0.15) is 25.1 Å². The molecule has 0 unspecified atom stereocenters. The van der Waals surface area contributed by atoms with Crippen molar-refractivity contribution >= 4 is 10.0 Å². The second-order valence-corrected chi connectivity index (χ2v) is 7.76. The minimum absolute atomic E-state index is 0.120. The highest BCUT2D eigenvalue weighted by atomic mass is 32.2. The van der Waals surface area contributed by atoms with E-state index in [4.69, 9.17) is 0 Å². The third-order valence-electron chi connectivity index (χ3n) is 3.24. The molecule has 0 radical (unpaired) electrons. The van der Waals surface area contributed by atoms with Crippen LogP contribution in [0, 0.1) is 6.92 Å². The first kappa shape index (κ1) is 18.1. The van der Waals surface area contributed by atoms with E-state index in [1.54, 1.807) is 7.05 Å². The van der Waals surface area contributed by atoms with Gasteiger partial charge in [-0.25, -0.2) is 8.42 Å². The molecule has 0 amide bonds. The summed E-state index contributed by atoms with van der Waals surface area (Å²) >= 11 is 0. The van der Waals surface area contributed by atoms with Gasteiger partial charge < -0.3 is 10.2 Å². The van der Waals surface area contributed by atoms with Crippen molar-refractivity contribution in [3.63, 3.8) is 0 Å². The summed E-state index contributed by atoms with van der Waals surface area (Å²) in [6.07, 6.45) is 0. The SMILES string of the molecule is Cc1[nH]nc(S(=O)(=O)N(C)CCN(C)C)c1CNC(C)C. The molecular weight excluding hydrogens is 290 g/mol. The van der Waals surface area contributed by atoms with Gasteiger partial charge in [-0.15, -0.1) is 0 Å². The third kappa shape index (κ3) is 4.77. The lowest BCUT2D eigenvalue weighted by molar-refractivity contribution is 0.357. The summed E-state index contributed by atoms with van der Waals surface area (Å²) in [5, 5.41) is 10.1. The number of aryl methyl sites for hydroxylation is 1. The van der Waals surface area contributed by atoms with Gasteiger partial charge in [0.25, 0.3) is 10.0 Å². The van der Waals surface area contributed by atoms with E-state index in [2.05, 4.69) is 15.5 Å². The van der Waals surface area contributed by atoms with Crippen molar-refractivity contribution in [2.75, 3.05) is 34.2 Å². The number of rotatable bonds is 8. The molecule has 8 heteroatoms. The zero-order chi connectivity index (χ0) is 16.2. The highest BCUT2D eigenvalue weighted by Crippen LogP contribution is 2.19. The molecule has 1 aromatic heterocycles. The minimum Gasteiger partial charge on any atom is -0.310 e. The number of aromatic nitrogens is 2. The van der Waals surface area contributed by atoms with Crippen molar-refractivity contribution in [2.24, 2.45) is 0 Å². The number of aromatic amines is 1. The highest BCUT2D eigenvalue weighted by molar-refractivity contribution is 7.89. The lowest BCUT2D eigenvalue weighted by Gasteiger charge is -2.19. The molecule has 0 spiro atoms. The summed E-state index contributed by atoms with van der Waals surface area (Å²) < 4.78 is 26.6. The molecule has 0 atom stereocenters. The Balaban J connectivity index is 2.97. The Kier molecular flexibility index (Phi) is 6.33. The number of sulfonamides is 1. The summed E-state index contributed by atoms with van der Waals surface area (Å²) in [6, 6.07) is 0.279. The Labute approximate surface area is 127 Å². The number of nitrogens with one attached hydrogen (secondary N) is 2. The van der Waals surface area contributed by atoms with Crippen LogP contribution in [0.15, 0.2) is 5.03 Å². The van der Waals surface area contributed by atoms with Gasteiger partial charge in [-0.1, -0.05) is 13.8 Å². The summed E-state index contributed by atoms with van der Waals surface area (Å²) in [5.41, 5.74) is 1.49. The zero-order valence-electron chi connectivity index (χ0n) is 13.8. The van der Waals surface area contributed by atoms with Crippen LogP contribution in [0.3, 0.4) is 0 Å². The van der Waals surface area contributed by atoms with Gasteiger partial charge in [0.15, 0.2) is 5.03 Å². The molecule has 0 aliphatic carbocycles. The van der Waals surface area contributed by atoms with E-state index in [0.717, 1.165) is 5.69 Å². The Morgan fingerprint density at radius 3 is 2.38 bits per heavy atom. The molecular formula is C13H27N5O2S. The smallest absolute Gasteiger partial charge is 0.262 e. The number of hydrogen-bond donors (Lipinski definition) is 2. The van der Waals surface area contributed by atoms with Crippen molar-refractivity contribution in [1.29, 1.82) is 0 Å². The normalized spacial score (nSPS) is 12.8. The molecule has 0 aliphatic rings. The van der Waals surface area contributed by atoms with Gasteiger partial charge in [-0.05, 0) is 21.0 Å². The van der Waals surface area contributed by atoms with Crippen LogP contribution in [0.4, 0.5) is 0 Å². The Morgan fingerprint density at radius 2 is 1.86 bits per heavy atom. The van der Waals surface area contributed by atoms with E-state index in [1.165, 1.54) is 4.31 Å². The van der Waals surface area contributed by atoms with Crippen LogP contribution in [0.2, 0.25) is 0 Å². The molecule has 2 N–H and O–H groups in total. The second-order valence-electron chi connectivity index (χ2n) is 5.80. The molecule has 1 aromatic rings. The summed E-state index contributed by atoms with van der Waals surface area (Å²) in [6.45, 7) is 7.45. The molecule has 21 heavy (non-hydrogen) atoms. The Morgan fingerprint density at radius 1 is 1.24 bits per heavy atom. The van der Waals surface area contributed by atoms with E-state index < -0.39 is 10.0 Å². The zero-order valence-corrected chi connectivity index (χ0v) is 14.6. The molecule has 0 aliphatic heterocycles. The van der Waals surface area contributed by atoms with Crippen molar-refractivity contribution < 1.29 is 8.42 Å². The maximum Gasteiger partial charge on any atom is 0.262 e. The van der Waals surface area contributed by atoms with Gasteiger partial charge in [0.1, 0.15) is 0 Å². The van der Waals surface area contributed by atoms with Crippen molar-refractivity contribution in [1.82, 2.24) is 24.7 Å². The molecule has 0 saturated carbocycles. The van der Waals surface area contributed by atoms with E-state index in [9.17, 15) is 8.42 Å². The average molecular weight is 317 g/mol. The van der Waals surface area contributed by atoms with Crippen molar-refractivity contribution in [2.45, 2.75) is 38.4 Å². The standard InChI is InChI=1S/C13H27N5O2S/c1-10(2)14-9-12-11(3)15-16-13(12)21(19,20)18(6)8-7-17(4)5/h10,14H,7-9H2,1-6H3,(H,15,16). The topological polar surface area (TPSA) is 81.3 Å². The third-order valence-corrected chi connectivity index (χ3v) is 5.07. The highest BCUT2D eigenvalue weighted by Gasteiger charge is 2.27. The van der Waals surface area contributed by atoms with Gasteiger partial charge >= 0.3 is 0 Å². The molecule has 0 aromatic carbocycles. The molecule has 7 nitrogen and oxygen atoms in total. The number of hydrogen-bond acceptors (Lipinski definition) is 5. The van der Waals surface area contributed by atoms with Crippen LogP contribution < -0.4 is 5.32 Å². The first-order valence-electron chi connectivity index (χ1n) is 7.04. The Bertz CT molecular complexity index is 551. The predicted octanol–water partition coefficient (Wildman–Crippen LogP) is 0.398. The van der Waals surface area contributed by atoms with E-state index in [0.29, 0.717) is 25.2 Å². The maximum absolute atomic E-state index is 12.6. The van der Waals surface area contributed by atoms with Crippen LogP contribution >= 0.6 is 0 Å². The largest absolute Gasteiger partial charge is 0.310 e. The maximum atomic E-state index is 12.6. The molecule has 0 bridgehead atoms. The van der Waals surface area contributed by atoms with E-state index >= 15 is 0 Å². The number of nitrogens with zero attached hydrogens (tertiary/aromatic N) is 3. The predicted molar refractivity (Wildman–Crippen MR) is 83.7 cm³/mol. The first-order chi connectivity index (χ1) is 9.66. The fraction of sp³-hybridized carbons (Fsp3) is 0.769. The summed E-state index contributed by atoms with van der Waals surface area (Å²) in [7, 11) is 1.85. The van der Waals surface area contributed by atoms with Gasteiger partial charge in [0, 0.05) is 44.0 Å². The Hall–Kier alpha value is -0.960. The van der Waals surface area contributed by atoms with Crippen molar-refractivity contribution in [3.8, 4) is 0 Å². The molecule has 0 fully saturated rings. The van der Waals surface area contributed by atoms with Gasteiger partial charge in [-0.3, -0.25) is 5.10 Å². The first-order valence-corrected chi connectivity index (χ1v) is 8.48. The number of likely N-dealkylation sites (N-methyl/N-ethyl adjacent to an activating group) is 2. The lowest BCUT2D eigenvalue weighted by atomic mass is 10.2. The summed E-state index contributed by atoms with van der Waals surface area (Å²) in [5.74, 6) is 0. The minimum atomic E-state index is -3.57. The number of H-pyrrole nitrogens is 1. The van der Waals surface area contributed by atoms with Crippen LogP contribution in [0.5, 0.6) is 0 Å². The molecule has 1 rings (SSSR count). The quantitative estimate of drug-likeness (QED) is 0.725. The van der Waals surface area contributed by atoms with E-state index in [-0.39, 0.29) is 11.1 Å². The molecule has 1 heterocycles. The van der Waals surface area contributed by atoms with Crippen LogP contribution in [-0.4, -0.2) is 68.1 Å². The average Bonchev–Trinajstić information content (AvgIpc) is 2.75. The summed E-state index contributed by atoms with van der Waals surface area (Å²) in [4.78, 5) is 1.95. The van der Waals surface area contributed by atoms with Gasteiger partial charge in [0.05, 0.1) is 0 Å². The fourth-order valence-corrected chi connectivity index (χ4v) is 3.08. The van der Waals surface area contributed by atoms with Gasteiger partial charge in [0.2, 0.25) is 0 Å². The second kappa shape index (κ2) is 7.35. The molecule has 122 valence electrons. The van der Waals surface area contributed by atoms with Crippen LogP contribution in [-0.2, 0) is 16.6 Å². The van der Waals surface area contributed by atoms with Crippen LogP contribution in [0.25, 0.3) is 0 Å². The van der Waals surface area contributed by atoms with E-state index in [1.807, 2.05) is 39.8 Å². The van der Waals surface area contributed by atoms with Crippen molar-refractivity contribution in [3.05, 3.63) is 11.3 Å². The lowest BCUT2D eigenvalue weighted by Crippen LogP contribution is -2.34. The van der Waals surface area contributed by atoms with Gasteiger partial charge in [-0.2, -0.15) is 9.40 Å². The molecule has 0 saturated heterocycles. The monoisotopic (exact) mass is 317 g/mol.